The Morgan fingerprint density at radius 2 is 1.34 bits per heavy atom. The van der Waals surface area contributed by atoms with E-state index in [9.17, 15) is 19.2 Å². The number of carbonyl (C=O) groups excluding carboxylic acids is 4. The third kappa shape index (κ3) is 5.01. The Bertz CT molecular complexity index is 1550. The number of anilines is 1. The van der Waals surface area contributed by atoms with Gasteiger partial charge in [-0.15, -0.1) is 0 Å². The Balaban J connectivity index is 1.30. The molecule has 188 valence electrons. The van der Waals surface area contributed by atoms with E-state index in [0.29, 0.717) is 11.3 Å². The minimum atomic E-state index is -1.01. The molecule has 1 heterocycles. The molecule has 0 spiro atoms. The highest BCUT2D eigenvalue weighted by atomic mass is 32.2. The highest BCUT2D eigenvalue weighted by Gasteiger charge is 2.37. The summed E-state index contributed by atoms with van der Waals surface area (Å²) >= 11 is 1.58. The molecule has 0 saturated heterocycles. The number of fused-ring (bicyclic) bond motifs is 1. The number of benzene rings is 4. The molecule has 0 radical (unpaired) electrons. The first-order valence-corrected chi connectivity index (χ1v) is 12.8. The van der Waals surface area contributed by atoms with Gasteiger partial charge >= 0.3 is 5.97 Å². The van der Waals surface area contributed by atoms with Crippen LogP contribution in [0.25, 0.3) is 0 Å². The maximum atomic E-state index is 13.2. The maximum absolute atomic E-state index is 13.2. The van der Waals surface area contributed by atoms with Crippen LogP contribution in [-0.2, 0) is 4.74 Å². The number of nitrogens with zero attached hydrogens (tertiary/aromatic N) is 1. The molecule has 0 fully saturated rings. The van der Waals surface area contributed by atoms with E-state index in [1.54, 1.807) is 54.2 Å². The zero-order chi connectivity index (χ0) is 26.8. The van der Waals surface area contributed by atoms with Gasteiger partial charge in [-0.2, -0.15) is 0 Å². The number of ether oxygens (including phenoxy) is 1. The molecule has 38 heavy (non-hydrogen) atoms. The van der Waals surface area contributed by atoms with Gasteiger partial charge in [0.05, 0.1) is 22.4 Å². The number of aryl methyl sites for hydroxylation is 1. The third-order valence-corrected chi connectivity index (χ3v) is 7.20. The van der Waals surface area contributed by atoms with Crippen molar-refractivity contribution in [3.8, 4) is 0 Å². The maximum Gasteiger partial charge on any atom is 0.338 e. The van der Waals surface area contributed by atoms with E-state index in [0.717, 1.165) is 14.7 Å². The summed E-state index contributed by atoms with van der Waals surface area (Å²) in [6, 6.07) is 28.1. The van der Waals surface area contributed by atoms with Gasteiger partial charge < -0.3 is 4.74 Å². The summed E-state index contributed by atoms with van der Waals surface area (Å²) in [6.07, 6.45) is -1.01. The fourth-order valence-electron chi connectivity index (χ4n) is 4.13. The number of imide groups is 1. The van der Waals surface area contributed by atoms with Gasteiger partial charge in [0.15, 0.2) is 6.10 Å². The average molecular weight is 522 g/mol. The fourth-order valence-corrected chi connectivity index (χ4v) is 4.94. The Kier molecular flexibility index (Phi) is 6.94. The summed E-state index contributed by atoms with van der Waals surface area (Å²) in [5, 5.41) is 0. The van der Waals surface area contributed by atoms with Gasteiger partial charge in [0.25, 0.3) is 11.8 Å². The summed E-state index contributed by atoms with van der Waals surface area (Å²) in [7, 11) is 0. The van der Waals surface area contributed by atoms with Gasteiger partial charge in [-0.1, -0.05) is 59.8 Å². The second-order valence-electron chi connectivity index (χ2n) is 8.89. The molecule has 4 aromatic carbocycles. The van der Waals surface area contributed by atoms with Crippen molar-refractivity contribution in [2.75, 3.05) is 4.90 Å². The first kappa shape index (κ1) is 25.2. The first-order chi connectivity index (χ1) is 18.3. The molecule has 1 aliphatic heterocycles. The highest BCUT2D eigenvalue weighted by molar-refractivity contribution is 7.99. The monoisotopic (exact) mass is 521 g/mol. The van der Waals surface area contributed by atoms with E-state index in [-0.39, 0.29) is 22.5 Å². The van der Waals surface area contributed by atoms with Crippen LogP contribution in [0.15, 0.2) is 107 Å². The smallest absolute Gasteiger partial charge is 0.338 e. The molecular weight excluding hydrogens is 498 g/mol. The van der Waals surface area contributed by atoms with Crippen LogP contribution in [0, 0.1) is 6.92 Å². The average Bonchev–Trinajstić information content (AvgIpc) is 3.19. The number of hydrogen-bond donors (Lipinski definition) is 0. The molecule has 1 atom stereocenters. The Morgan fingerprint density at radius 3 is 2.00 bits per heavy atom. The van der Waals surface area contributed by atoms with Crippen LogP contribution in [0.5, 0.6) is 0 Å². The summed E-state index contributed by atoms with van der Waals surface area (Å²) in [6.45, 7) is 3.53. The predicted molar refractivity (Wildman–Crippen MR) is 145 cm³/mol. The van der Waals surface area contributed by atoms with Gasteiger partial charge in [-0.3, -0.25) is 14.4 Å². The van der Waals surface area contributed by atoms with E-state index in [4.69, 9.17) is 4.74 Å². The van der Waals surface area contributed by atoms with E-state index in [1.807, 2.05) is 43.3 Å². The van der Waals surface area contributed by atoms with Crippen LogP contribution in [0.1, 0.15) is 53.9 Å². The minimum absolute atomic E-state index is 0.0873. The Hall–Kier alpha value is -4.49. The number of ketones is 1. The van der Waals surface area contributed by atoms with E-state index in [1.165, 1.54) is 30.7 Å². The summed E-state index contributed by atoms with van der Waals surface area (Å²) < 4.78 is 5.35. The van der Waals surface area contributed by atoms with Gasteiger partial charge in [0, 0.05) is 15.4 Å². The van der Waals surface area contributed by atoms with Gasteiger partial charge in [0.1, 0.15) is 0 Å². The van der Waals surface area contributed by atoms with Crippen molar-refractivity contribution < 1.29 is 23.9 Å². The summed E-state index contributed by atoms with van der Waals surface area (Å²) in [5.41, 5.74) is 2.46. The van der Waals surface area contributed by atoms with E-state index in [2.05, 4.69) is 0 Å². The van der Waals surface area contributed by atoms with Crippen molar-refractivity contribution in [1.82, 2.24) is 0 Å². The largest absolute Gasteiger partial charge is 0.451 e. The van der Waals surface area contributed by atoms with Crippen molar-refractivity contribution >= 4 is 41.0 Å². The van der Waals surface area contributed by atoms with Crippen molar-refractivity contribution in [1.29, 1.82) is 0 Å². The van der Waals surface area contributed by atoms with Gasteiger partial charge in [0.2, 0.25) is 5.78 Å². The quantitative estimate of drug-likeness (QED) is 0.160. The number of carbonyl (C=O) groups is 4. The minimum Gasteiger partial charge on any atom is -0.451 e. The molecule has 0 bridgehead atoms. The number of rotatable bonds is 7. The van der Waals surface area contributed by atoms with E-state index >= 15 is 0 Å². The standard InChI is InChI=1S/C31H23NO5S/c1-19-8-13-24(14-9-19)38-25-15-11-23(12-16-25)32-29(34)26-17-10-22(18-27(26)30(32)35)31(36)37-20(2)28(33)21-6-4-3-5-7-21/h3-18,20H,1-2H3. The number of Topliss-reactive ketones (excluding diaryl/α,β-unsaturated/α-hetero) is 1. The molecule has 2 amide bonds. The molecule has 0 aliphatic carbocycles. The predicted octanol–water partition coefficient (Wildman–Crippen LogP) is 6.38. The lowest BCUT2D eigenvalue weighted by Crippen LogP contribution is -2.29. The molecule has 4 aromatic rings. The number of esters is 1. The van der Waals surface area contributed by atoms with Crippen LogP contribution in [0.3, 0.4) is 0 Å². The lowest BCUT2D eigenvalue weighted by atomic mass is 10.1. The lowest BCUT2D eigenvalue weighted by Gasteiger charge is -2.14. The first-order valence-electron chi connectivity index (χ1n) is 12.0. The number of amides is 2. The Labute approximate surface area is 224 Å². The van der Waals surface area contributed by atoms with Crippen molar-refractivity contribution in [2.24, 2.45) is 0 Å². The third-order valence-electron chi connectivity index (χ3n) is 6.19. The molecule has 1 unspecified atom stereocenters. The topological polar surface area (TPSA) is 80.8 Å². The highest BCUT2D eigenvalue weighted by Crippen LogP contribution is 2.33. The molecule has 6 nitrogen and oxygen atoms in total. The molecule has 0 aromatic heterocycles. The second kappa shape index (κ2) is 10.5. The molecule has 7 heteroatoms. The van der Waals surface area contributed by atoms with Gasteiger partial charge in [-0.25, -0.2) is 9.69 Å². The SMILES string of the molecule is Cc1ccc(Sc2ccc(N3C(=O)c4ccc(C(=O)OC(C)C(=O)c5ccccc5)cc4C3=O)cc2)cc1. The van der Waals surface area contributed by atoms with E-state index < -0.39 is 23.9 Å². The van der Waals surface area contributed by atoms with Crippen LogP contribution in [-0.4, -0.2) is 29.7 Å². The zero-order valence-electron chi connectivity index (χ0n) is 20.7. The molecule has 1 aliphatic rings. The van der Waals surface area contributed by atoms with Crippen LogP contribution in [0.2, 0.25) is 0 Å². The van der Waals surface area contributed by atoms with Crippen LogP contribution >= 0.6 is 11.8 Å². The molecular formula is C31H23NO5S. The molecule has 0 N–H and O–H groups in total. The van der Waals surface area contributed by atoms with Crippen molar-refractivity contribution in [3.63, 3.8) is 0 Å². The van der Waals surface area contributed by atoms with Crippen LogP contribution in [0.4, 0.5) is 5.69 Å². The zero-order valence-corrected chi connectivity index (χ0v) is 21.5. The summed E-state index contributed by atoms with van der Waals surface area (Å²) in [5.74, 6) is -2.06. The van der Waals surface area contributed by atoms with Crippen LogP contribution < -0.4 is 4.90 Å². The second-order valence-corrected chi connectivity index (χ2v) is 10.0. The summed E-state index contributed by atoms with van der Waals surface area (Å²) in [4.78, 5) is 54.7. The molecule has 5 rings (SSSR count). The number of hydrogen-bond acceptors (Lipinski definition) is 6. The molecule has 0 saturated carbocycles. The normalized spacial score (nSPS) is 13.3. The Morgan fingerprint density at radius 1 is 0.737 bits per heavy atom. The lowest BCUT2D eigenvalue weighted by molar-refractivity contribution is 0.0318. The van der Waals surface area contributed by atoms with Gasteiger partial charge in [-0.05, 0) is 68.4 Å². The fraction of sp³-hybridized carbons (Fsp3) is 0.0968. The van der Waals surface area contributed by atoms with Crippen molar-refractivity contribution in [3.05, 3.63) is 125 Å². The van der Waals surface area contributed by atoms with Crippen molar-refractivity contribution in [2.45, 2.75) is 29.7 Å².